The predicted octanol–water partition coefficient (Wildman–Crippen LogP) is 2.62. The lowest BCUT2D eigenvalue weighted by Crippen LogP contribution is -2.30. The number of hydrogen-bond donors (Lipinski definition) is 2. The summed E-state index contributed by atoms with van der Waals surface area (Å²) in [6.45, 7) is 2.41. The van der Waals surface area contributed by atoms with Gasteiger partial charge in [-0.1, -0.05) is 29.3 Å². The van der Waals surface area contributed by atoms with Gasteiger partial charge in [-0.2, -0.15) is 0 Å². The molecule has 1 aliphatic heterocycles. The van der Waals surface area contributed by atoms with Crippen LogP contribution in [0.4, 0.5) is 4.39 Å². The van der Waals surface area contributed by atoms with Gasteiger partial charge < -0.3 is 10.6 Å². The van der Waals surface area contributed by atoms with Crippen molar-refractivity contribution in [3.8, 4) is 0 Å². The summed E-state index contributed by atoms with van der Waals surface area (Å²) in [5.74, 6) is -0.551. The zero-order valence-electron chi connectivity index (χ0n) is 11.7. The number of carbonyl (C=O) groups is 1. The smallest absolute Gasteiger partial charge is 0.224 e. The molecule has 2 aliphatic rings. The Morgan fingerprint density at radius 2 is 2.33 bits per heavy atom. The number of amides is 1. The lowest BCUT2D eigenvalue weighted by molar-refractivity contribution is -0.122. The van der Waals surface area contributed by atoms with Crippen molar-refractivity contribution in [3.63, 3.8) is 0 Å². The molecule has 3 nitrogen and oxygen atoms in total. The number of hydrogen-bond acceptors (Lipinski definition) is 2. The molecular formula is C16H18ClFN2O. The molecule has 2 N–H and O–H groups in total. The van der Waals surface area contributed by atoms with Gasteiger partial charge >= 0.3 is 0 Å². The van der Waals surface area contributed by atoms with Crippen molar-refractivity contribution in [1.82, 2.24) is 10.6 Å². The Balaban J connectivity index is 1.57. The zero-order chi connectivity index (χ0) is 14.8. The van der Waals surface area contributed by atoms with Crippen LogP contribution in [-0.2, 0) is 4.79 Å². The first-order chi connectivity index (χ1) is 10.2. The van der Waals surface area contributed by atoms with Crippen molar-refractivity contribution < 1.29 is 9.18 Å². The highest BCUT2D eigenvalue weighted by Gasteiger charge is 2.46. The molecule has 1 aromatic rings. The SMILES string of the molecule is O=C(NCC1=CCNCC1)C1CC1c1c(F)cccc1Cl. The topological polar surface area (TPSA) is 41.1 Å². The van der Waals surface area contributed by atoms with E-state index >= 15 is 0 Å². The molecule has 0 aromatic heterocycles. The summed E-state index contributed by atoms with van der Waals surface area (Å²) in [6, 6.07) is 4.66. The molecule has 2 unspecified atom stereocenters. The maximum absolute atomic E-state index is 13.8. The molecule has 1 amide bonds. The predicted molar refractivity (Wildman–Crippen MR) is 80.8 cm³/mol. The normalized spacial score (nSPS) is 24.4. The fraction of sp³-hybridized carbons (Fsp3) is 0.438. The minimum atomic E-state index is -0.316. The number of halogens is 2. The van der Waals surface area contributed by atoms with Crippen LogP contribution in [0.2, 0.25) is 5.02 Å². The van der Waals surface area contributed by atoms with Crippen LogP contribution in [0.15, 0.2) is 29.8 Å². The molecular weight excluding hydrogens is 291 g/mol. The van der Waals surface area contributed by atoms with E-state index in [1.54, 1.807) is 12.1 Å². The van der Waals surface area contributed by atoms with Crippen molar-refractivity contribution >= 4 is 17.5 Å². The first kappa shape index (κ1) is 14.5. The van der Waals surface area contributed by atoms with Crippen LogP contribution < -0.4 is 10.6 Å². The van der Waals surface area contributed by atoms with Crippen molar-refractivity contribution in [3.05, 3.63) is 46.3 Å². The van der Waals surface area contributed by atoms with Crippen molar-refractivity contribution in [1.29, 1.82) is 0 Å². The molecule has 1 aromatic carbocycles. The lowest BCUT2D eigenvalue weighted by atomic mass is 10.1. The minimum absolute atomic E-state index is 0.00116. The van der Waals surface area contributed by atoms with Gasteiger partial charge in [0.05, 0.1) is 0 Å². The summed E-state index contributed by atoms with van der Waals surface area (Å²) in [5.41, 5.74) is 1.74. The Bertz CT molecular complexity index is 567. The van der Waals surface area contributed by atoms with E-state index in [0.29, 0.717) is 23.6 Å². The molecule has 5 heteroatoms. The molecule has 0 spiro atoms. The summed E-state index contributed by atoms with van der Waals surface area (Å²) >= 11 is 6.05. The van der Waals surface area contributed by atoms with Crippen LogP contribution in [0.3, 0.4) is 0 Å². The Hall–Kier alpha value is -1.39. The van der Waals surface area contributed by atoms with E-state index in [0.717, 1.165) is 19.5 Å². The Morgan fingerprint density at radius 1 is 1.48 bits per heavy atom. The van der Waals surface area contributed by atoms with Gasteiger partial charge in [0, 0.05) is 35.5 Å². The molecule has 0 bridgehead atoms. The highest BCUT2D eigenvalue weighted by molar-refractivity contribution is 6.31. The van der Waals surface area contributed by atoms with Gasteiger partial charge in [0.2, 0.25) is 5.91 Å². The van der Waals surface area contributed by atoms with Crippen LogP contribution in [0.1, 0.15) is 24.3 Å². The van der Waals surface area contributed by atoms with Crippen LogP contribution >= 0.6 is 11.6 Å². The first-order valence-electron chi connectivity index (χ1n) is 7.27. The van der Waals surface area contributed by atoms with E-state index in [9.17, 15) is 9.18 Å². The maximum Gasteiger partial charge on any atom is 0.224 e. The maximum atomic E-state index is 13.8. The summed E-state index contributed by atoms with van der Waals surface area (Å²) in [6.07, 6.45) is 3.75. The second kappa shape index (κ2) is 6.16. The van der Waals surface area contributed by atoms with E-state index < -0.39 is 0 Å². The van der Waals surface area contributed by atoms with Crippen molar-refractivity contribution in [2.75, 3.05) is 19.6 Å². The number of nitrogens with one attached hydrogen (secondary N) is 2. The fourth-order valence-corrected chi connectivity index (χ4v) is 3.13. The third-order valence-electron chi connectivity index (χ3n) is 4.15. The Kier molecular flexibility index (Phi) is 4.27. The highest BCUT2D eigenvalue weighted by Crippen LogP contribution is 2.50. The fourth-order valence-electron chi connectivity index (χ4n) is 2.83. The van der Waals surface area contributed by atoms with Gasteiger partial charge in [-0.15, -0.1) is 0 Å². The molecule has 0 saturated heterocycles. The van der Waals surface area contributed by atoms with Gasteiger partial charge in [0.15, 0.2) is 0 Å². The van der Waals surface area contributed by atoms with Crippen molar-refractivity contribution in [2.45, 2.75) is 18.8 Å². The summed E-state index contributed by atoms with van der Waals surface area (Å²) in [4.78, 5) is 12.1. The Labute approximate surface area is 128 Å². The summed E-state index contributed by atoms with van der Waals surface area (Å²) in [5, 5.41) is 6.60. The molecule has 21 heavy (non-hydrogen) atoms. The molecule has 0 radical (unpaired) electrons. The first-order valence-corrected chi connectivity index (χ1v) is 7.65. The largest absolute Gasteiger partial charge is 0.352 e. The second-order valence-electron chi connectivity index (χ2n) is 5.62. The van der Waals surface area contributed by atoms with Gasteiger partial charge in [0.25, 0.3) is 0 Å². The van der Waals surface area contributed by atoms with Crippen LogP contribution in [0.25, 0.3) is 0 Å². The van der Waals surface area contributed by atoms with Crippen molar-refractivity contribution in [2.24, 2.45) is 5.92 Å². The lowest BCUT2D eigenvalue weighted by Gasteiger charge is -2.14. The number of benzene rings is 1. The summed E-state index contributed by atoms with van der Waals surface area (Å²) in [7, 11) is 0. The standard InChI is InChI=1S/C16H18ClFN2O/c17-13-2-1-3-14(18)15(13)11-8-12(11)16(21)20-9-10-4-6-19-7-5-10/h1-4,11-12,19H,5-9H2,(H,20,21). The molecule has 3 rings (SSSR count). The molecule has 1 saturated carbocycles. The van der Waals surface area contributed by atoms with E-state index in [2.05, 4.69) is 16.7 Å². The molecule has 1 fully saturated rings. The van der Waals surface area contributed by atoms with E-state index in [-0.39, 0.29) is 23.6 Å². The molecule has 2 atom stereocenters. The molecule has 112 valence electrons. The average Bonchev–Trinajstić information content (AvgIpc) is 3.26. The second-order valence-corrected chi connectivity index (χ2v) is 6.03. The highest BCUT2D eigenvalue weighted by atomic mass is 35.5. The average molecular weight is 309 g/mol. The van der Waals surface area contributed by atoms with Crippen LogP contribution in [-0.4, -0.2) is 25.5 Å². The van der Waals surface area contributed by atoms with Gasteiger partial charge in [0.1, 0.15) is 5.82 Å². The Morgan fingerprint density at radius 3 is 3.05 bits per heavy atom. The minimum Gasteiger partial charge on any atom is -0.352 e. The van der Waals surface area contributed by atoms with Gasteiger partial charge in [-0.25, -0.2) is 4.39 Å². The summed E-state index contributed by atoms with van der Waals surface area (Å²) < 4.78 is 13.8. The third-order valence-corrected chi connectivity index (χ3v) is 4.47. The van der Waals surface area contributed by atoms with E-state index in [1.165, 1.54) is 11.6 Å². The quantitative estimate of drug-likeness (QED) is 0.840. The van der Waals surface area contributed by atoms with E-state index in [4.69, 9.17) is 11.6 Å². The third kappa shape index (κ3) is 3.27. The zero-order valence-corrected chi connectivity index (χ0v) is 12.4. The monoisotopic (exact) mass is 308 g/mol. The number of rotatable bonds is 4. The molecule has 1 aliphatic carbocycles. The van der Waals surface area contributed by atoms with E-state index in [1.807, 2.05) is 0 Å². The number of carbonyl (C=O) groups excluding carboxylic acids is 1. The van der Waals surface area contributed by atoms with Crippen LogP contribution in [0.5, 0.6) is 0 Å². The van der Waals surface area contributed by atoms with Gasteiger partial charge in [-0.05, 0) is 31.5 Å². The van der Waals surface area contributed by atoms with Gasteiger partial charge in [-0.3, -0.25) is 4.79 Å². The molecule has 1 heterocycles. The van der Waals surface area contributed by atoms with Crippen LogP contribution in [0, 0.1) is 11.7 Å².